The summed E-state index contributed by atoms with van der Waals surface area (Å²) in [4.78, 5) is 10.6. The van der Waals surface area contributed by atoms with Crippen LogP contribution in [-0.4, -0.2) is 52.7 Å². The third kappa shape index (κ3) is 8.31. The summed E-state index contributed by atoms with van der Waals surface area (Å²) in [7, 11) is 6.42. The first-order valence-corrected chi connectivity index (χ1v) is 9.15. The summed E-state index contributed by atoms with van der Waals surface area (Å²) in [6.07, 6.45) is 1.24. The molecule has 0 aromatic heterocycles. The van der Waals surface area contributed by atoms with Gasteiger partial charge in [-0.15, -0.1) is 0 Å². The van der Waals surface area contributed by atoms with Crippen LogP contribution in [0.4, 0.5) is 0 Å². The zero-order chi connectivity index (χ0) is 21.6. The molecule has 0 unspecified atom stereocenters. The van der Waals surface area contributed by atoms with Gasteiger partial charge in [0.15, 0.2) is 0 Å². The summed E-state index contributed by atoms with van der Waals surface area (Å²) in [5, 5.41) is 8.78. The molecule has 0 heterocycles. The minimum atomic E-state index is -0.271. The van der Waals surface area contributed by atoms with Crippen LogP contribution >= 0.6 is 0 Å². The highest BCUT2D eigenvalue weighted by molar-refractivity contribution is 5.65. The lowest BCUT2D eigenvalue weighted by Crippen LogP contribution is -2.04. The lowest BCUT2D eigenvalue weighted by atomic mass is 10.1. The molecule has 0 amide bonds. The summed E-state index contributed by atoms with van der Waals surface area (Å²) in [6.45, 7) is 1.88. The third-order valence-electron chi connectivity index (χ3n) is 4.05. The second kappa shape index (κ2) is 13.3. The van der Waals surface area contributed by atoms with Gasteiger partial charge in [0.1, 0.15) is 23.0 Å². The number of ether oxygens (including phenoxy) is 5. The second-order valence-corrected chi connectivity index (χ2v) is 5.92. The SMILES string of the molecule is COc1ccc(CCO)c(OC)c1.COc1ccc(CCOC(C)=O)c(OC)c1. The first-order chi connectivity index (χ1) is 14.0. The standard InChI is InChI=1S/C12H16O4.C10H14O3/c1-9(13)16-7-6-10-4-5-11(14-2)8-12(10)15-3;1-12-9-4-3-8(5-6-11)10(7-9)13-2/h4-5,8H,6-7H2,1-3H3;3-4,7,11H,5-6H2,1-2H3. The zero-order valence-electron chi connectivity index (χ0n) is 17.7. The van der Waals surface area contributed by atoms with E-state index in [9.17, 15) is 4.79 Å². The van der Waals surface area contributed by atoms with Crippen LogP contribution in [-0.2, 0) is 22.4 Å². The summed E-state index contributed by atoms with van der Waals surface area (Å²) < 4.78 is 25.4. The van der Waals surface area contributed by atoms with Crippen molar-refractivity contribution in [1.29, 1.82) is 0 Å². The van der Waals surface area contributed by atoms with E-state index in [0.29, 0.717) is 19.4 Å². The van der Waals surface area contributed by atoms with Crippen molar-refractivity contribution in [1.82, 2.24) is 0 Å². The van der Waals surface area contributed by atoms with Crippen molar-refractivity contribution in [2.75, 3.05) is 41.7 Å². The molecule has 0 spiro atoms. The maximum absolute atomic E-state index is 10.6. The molecule has 0 saturated carbocycles. The van der Waals surface area contributed by atoms with Gasteiger partial charge in [-0.25, -0.2) is 0 Å². The molecule has 2 aromatic rings. The molecule has 0 fully saturated rings. The lowest BCUT2D eigenvalue weighted by Gasteiger charge is -2.10. The van der Waals surface area contributed by atoms with Crippen molar-refractivity contribution in [3.05, 3.63) is 47.5 Å². The fourth-order valence-electron chi connectivity index (χ4n) is 2.54. The van der Waals surface area contributed by atoms with Crippen LogP contribution in [0.15, 0.2) is 36.4 Å². The monoisotopic (exact) mass is 406 g/mol. The molecule has 0 aliphatic heterocycles. The number of rotatable bonds is 9. The van der Waals surface area contributed by atoms with Crippen molar-refractivity contribution < 1.29 is 33.6 Å². The molecule has 0 bridgehead atoms. The van der Waals surface area contributed by atoms with Crippen molar-refractivity contribution in [2.24, 2.45) is 0 Å². The van der Waals surface area contributed by atoms with Gasteiger partial charge in [-0.2, -0.15) is 0 Å². The van der Waals surface area contributed by atoms with Crippen LogP contribution < -0.4 is 18.9 Å². The zero-order valence-corrected chi connectivity index (χ0v) is 17.7. The molecular formula is C22H30O7. The minimum Gasteiger partial charge on any atom is -0.497 e. The average molecular weight is 406 g/mol. The van der Waals surface area contributed by atoms with E-state index in [2.05, 4.69) is 0 Å². The maximum atomic E-state index is 10.6. The Morgan fingerprint density at radius 3 is 1.66 bits per heavy atom. The van der Waals surface area contributed by atoms with Gasteiger partial charge in [-0.3, -0.25) is 4.79 Å². The Balaban J connectivity index is 0.000000296. The van der Waals surface area contributed by atoms with E-state index >= 15 is 0 Å². The number of hydrogen-bond donors (Lipinski definition) is 1. The van der Waals surface area contributed by atoms with Crippen LogP contribution in [0.1, 0.15) is 18.1 Å². The minimum absolute atomic E-state index is 0.128. The molecular weight excluding hydrogens is 376 g/mol. The van der Waals surface area contributed by atoms with E-state index in [1.165, 1.54) is 6.92 Å². The van der Waals surface area contributed by atoms with Crippen molar-refractivity contribution in [3.8, 4) is 23.0 Å². The Hall–Kier alpha value is -2.93. The molecule has 0 saturated heterocycles. The van der Waals surface area contributed by atoms with Crippen molar-refractivity contribution in [3.63, 3.8) is 0 Å². The fourth-order valence-corrected chi connectivity index (χ4v) is 2.54. The molecule has 0 aliphatic carbocycles. The van der Waals surface area contributed by atoms with Gasteiger partial charge in [-0.1, -0.05) is 12.1 Å². The molecule has 1 N–H and O–H groups in total. The molecule has 7 nitrogen and oxygen atoms in total. The number of methoxy groups -OCH3 is 4. The van der Waals surface area contributed by atoms with Gasteiger partial charge in [-0.05, 0) is 29.7 Å². The van der Waals surface area contributed by atoms with Gasteiger partial charge < -0.3 is 28.8 Å². The van der Waals surface area contributed by atoms with Crippen LogP contribution in [0.3, 0.4) is 0 Å². The molecule has 29 heavy (non-hydrogen) atoms. The molecule has 0 radical (unpaired) electrons. The van der Waals surface area contributed by atoms with Crippen LogP contribution in [0.5, 0.6) is 23.0 Å². The molecule has 160 valence electrons. The lowest BCUT2D eigenvalue weighted by molar-refractivity contribution is -0.140. The fraction of sp³-hybridized carbons (Fsp3) is 0.409. The number of carbonyl (C=O) groups excluding carboxylic acids is 1. The number of esters is 1. The van der Waals surface area contributed by atoms with E-state index in [0.717, 1.165) is 34.1 Å². The Labute approximate surface area is 172 Å². The highest BCUT2D eigenvalue weighted by atomic mass is 16.5. The quantitative estimate of drug-likeness (QED) is 0.641. The third-order valence-corrected chi connectivity index (χ3v) is 4.05. The Morgan fingerprint density at radius 1 is 0.793 bits per heavy atom. The smallest absolute Gasteiger partial charge is 0.302 e. The summed E-state index contributed by atoms with van der Waals surface area (Å²) in [5.74, 6) is 2.74. The number of benzene rings is 2. The Morgan fingerprint density at radius 2 is 1.28 bits per heavy atom. The number of carbonyl (C=O) groups is 1. The normalized spacial score (nSPS) is 9.72. The van der Waals surface area contributed by atoms with Crippen molar-refractivity contribution >= 4 is 5.97 Å². The second-order valence-electron chi connectivity index (χ2n) is 5.92. The molecule has 2 rings (SSSR count). The van der Waals surface area contributed by atoms with Crippen LogP contribution in [0, 0.1) is 0 Å². The molecule has 0 aliphatic rings. The first-order valence-electron chi connectivity index (χ1n) is 9.15. The number of aliphatic hydroxyl groups excluding tert-OH is 1. The Kier molecular flexibility index (Phi) is 11.0. The van der Waals surface area contributed by atoms with E-state index in [1.807, 2.05) is 36.4 Å². The average Bonchev–Trinajstić information content (AvgIpc) is 2.74. The van der Waals surface area contributed by atoms with Gasteiger partial charge in [0.2, 0.25) is 0 Å². The van der Waals surface area contributed by atoms with Crippen molar-refractivity contribution in [2.45, 2.75) is 19.8 Å². The largest absolute Gasteiger partial charge is 0.497 e. The van der Waals surface area contributed by atoms with Gasteiger partial charge in [0.05, 0.1) is 35.0 Å². The van der Waals surface area contributed by atoms with E-state index in [4.69, 9.17) is 28.8 Å². The van der Waals surface area contributed by atoms with Gasteiger partial charge >= 0.3 is 5.97 Å². The van der Waals surface area contributed by atoms with E-state index in [-0.39, 0.29) is 12.6 Å². The predicted molar refractivity (Wildman–Crippen MR) is 110 cm³/mol. The molecule has 0 atom stereocenters. The summed E-state index contributed by atoms with van der Waals surface area (Å²) in [5.41, 5.74) is 1.98. The highest BCUT2D eigenvalue weighted by Crippen LogP contribution is 2.25. The highest BCUT2D eigenvalue weighted by Gasteiger charge is 2.05. The predicted octanol–water partition coefficient (Wildman–Crippen LogP) is 3.05. The number of aliphatic hydroxyl groups is 1. The summed E-state index contributed by atoms with van der Waals surface area (Å²) in [6, 6.07) is 11.1. The Bertz CT molecular complexity index is 759. The van der Waals surface area contributed by atoms with Gasteiger partial charge in [0, 0.05) is 32.1 Å². The van der Waals surface area contributed by atoms with Gasteiger partial charge in [0.25, 0.3) is 0 Å². The number of hydrogen-bond acceptors (Lipinski definition) is 7. The first kappa shape index (κ1) is 24.1. The molecule has 2 aromatic carbocycles. The van der Waals surface area contributed by atoms with Crippen LogP contribution in [0.2, 0.25) is 0 Å². The summed E-state index contributed by atoms with van der Waals surface area (Å²) >= 11 is 0. The molecule has 7 heteroatoms. The van der Waals surface area contributed by atoms with E-state index in [1.54, 1.807) is 28.4 Å². The maximum Gasteiger partial charge on any atom is 0.302 e. The van der Waals surface area contributed by atoms with E-state index < -0.39 is 0 Å². The topological polar surface area (TPSA) is 83.5 Å². The van der Waals surface area contributed by atoms with Crippen LogP contribution in [0.25, 0.3) is 0 Å².